The smallest absolute Gasteiger partial charge is 0.216 e. The van der Waals surface area contributed by atoms with Gasteiger partial charge in [0.05, 0.1) is 0 Å². The van der Waals surface area contributed by atoms with Crippen LogP contribution in [-0.4, -0.2) is 20.7 Å². The van der Waals surface area contributed by atoms with Crippen LogP contribution in [0.15, 0.2) is 29.2 Å². The van der Waals surface area contributed by atoms with Crippen LogP contribution in [0.25, 0.3) is 0 Å². The molecule has 4 nitrogen and oxygen atoms in total. The molecule has 0 radical (unpaired) electrons. The summed E-state index contributed by atoms with van der Waals surface area (Å²) in [6.45, 7) is 0.378. The first-order chi connectivity index (χ1) is 7.06. The maximum Gasteiger partial charge on any atom is 0.274 e. The highest BCUT2D eigenvalue weighted by Crippen LogP contribution is 2.38. The molecule has 0 fully saturated rings. The minimum absolute atomic E-state index is 0.226. The third kappa shape index (κ3) is 2.72. The monoisotopic (exact) mass is 244 g/mol. The van der Waals surface area contributed by atoms with Gasteiger partial charge >= 0.3 is 0 Å². The van der Waals surface area contributed by atoms with Crippen molar-refractivity contribution >= 4 is 22.0 Å². The van der Waals surface area contributed by atoms with E-state index in [0.717, 1.165) is 5.75 Å². The first-order valence-corrected chi connectivity index (χ1v) is 7.08. The van der Waals surface area contributed by atoms with E-state index in [0.29, 0.717) is 6.54 Å². The van der Waals surface area contributed by atoms with E-state index in [4.69, 9.17) is 5.14 Å². The summed E-state index contributed by atoms with van der Waals surface area (Å²) in [4.78, 5) is 1.23. The maximum atomic E-state index is 10.8. The topological polar surface area (TPSA) is 72.2 Å². The number of rotatable bonds is 3. The fraction of sp³-hybridized carbons (Fsp3) is 0.333. The van der Waals surface area contributed by atoms with Gasteiger partial charge < -0.3 is 0 Å². The molecule has 1 aromatic carbocycles. The van der Waals surface area contributed by atoms with Gasteiger partial charge in [-0.1, -0.05) is 18.2 Å². The van der Waals surface area contributed by atoms with Gasteiger partial charge in [0.2, 0.25) is 0 Å². The third-order valence-corrected chi connectivity index (χ3v) is 4.15. The Morgan fingerprint density at radius 2 is 2.20 bits per heavy atom. The molecule has 1 aromatic rings. The number of fused-ring (bicyclic) bond motifs is 1. The van der Waals surface area contributed by atoms with Gasteiger partial charge in [0.1, 0.15) is 0 Å². The molecule has 0 amide bonds. The molecule has 1 heterocycles. The molecule has 1 unspecified atom stereocenters. The van der Waals surface area contributed by atoms with Crippen LogP contribution in [-0.2, 0) is 10.2 Å². The number of nitrogens with two attached hydrogens (primary N) is 1. The SMILES string of the molecule is NS(=O)(=O)NCC1CSc2ccccc21. The largest absolute Gasteiger partial charge is 0.274 e. The van der Waals surface area contributed by atoms with Crippen LogP contribution in [0.4, 0.5) is 0 Å². The van der Waals surface area contributed by atoms with Crippen LogP contribution in [0.2, 0.25) is 0 Å². The van der Waals surface area contributed by atoms with Crippen molar-refractivity contribution in [3.8, 4) is 0 Å². The van der Waals surface area contributed by atoms with Crippen molar-refractivity contribution in [2.75, 3.05) is 12.3 Å². The molecule has 1 aliphatic rings. The minimum atomic E-state index is -3.57. The van der Waals surface area contributed by atoms with Crippen LogP contribution in [0, 0.1) is 0 Å². The van der Waals surface area contributed by atoms with Gasteiger partial charge in [0, 0.05) is 23.1 Å². The van der Waals surface area contributed by atoms with Crippen molar-refractivity contribution in [1.82, 2.24) is 4.72 Å². The molecule has 6 heteroatoms. The Morgan fingerprint density at radius 1 is 1.47 bits per heavy atom. The van der Waals surface area contributed by atoms with Crippen LogP contribution in [0.5, 0.6) is 0 Å². The van der Waals surface area contributed by atoms with Crippen molar-refractivity contribution in [2.45, 2.75) is 10.8 Å². The number of thioether (sulfide) groups is 1. The zero-order chi connectivity index (χ0) is 10.9. The fourth-order valence-electron chi connectivity index (χ4n) is 1.62. The maximum absolute atomic E-state index is 10.8. The summed E-state index contributed by atoms with van der Waals surface area (Å²) in [5, 5.41) is 4.89. The summed E-state index contributed by atoms with van der Waals surface area (Å²) < 4.78 is 23.9. The lowest BCUT2D eigenvalue weighted by atomic mass is 10.0. The van der Waals surface area contributed by atoms with Crippen molar-refractivity contribution in [2.24, 2.45) is 5.14 Å². The molecule has 3 N–H and O–H groups in total. The molecule has 2 rings (SSSR count). The molecule has 0 saturated carbocycles. The van der Waals surface area contributed by atoms with E-state index in [1.165, 1.54) is 10.5 Å². The van der Waals surface area contributed by atoms with Gasteiger partial charge in [0.25, 0.3) is 10.2 Å². The molecule has 15 heavy (non-hydrogen) atoms. The standard InChI is InChI=1S/C9H12N2O2S2/c10-15(12,13)11-5-7-6-14-9-4-2-1-3-8(7)9/h1-4,7,11H,5-6H2,(H2,10,12,13). The number of hydrogen-bond acceptors (Lipinski definition) is 3. The van der Waals surface area contributed by atoms with E-state index in [-0.39, 0.29) is 5.92 Å². The molecular formula is C9H12N2O2S2. The molecule has 0 bridgehead atoms. The second kappa shape index (κ2) is 4.13. The van der Waals surface area contributed by atoms with E-state index in [1.807, 2.05) is 18.2 Å². The molecule has 0 saturated heterocycles. The second-order valence-corrected chi connectivity index (χ2v) is 5.88. The zero-order valence-electron chi connectivity index (χ0n) is 8.01. The van der Waals surface area contributed by atoms with Gasteiger partial charge in [-0.25, -0.2) is 9.86 Å². The first kappa shape index (κ1) is 10.9. The highest BCUT2D eigenvalue weighted by molar-refractivity contribution is 7.99. The van der Waals surface area contributed by atoms with Gasteiger partial charge in [0.15, 0.2) is 0 Å². The van der Waals surface area contributed by atoms with E-state index < -0.39 is 10.2 Å². The first-order valence-electron chi connectivity index (χ1n) is 4.55. The Bertz CT molecular complexity index is 459. The van der Waals surface area contributed by atoms with Gasteiger partial charge in [-0.3, -0.25) is 0 Å². The Morgan fingerprint density at radius 3 is 2.93 bits per heavy atom. The summed E-state index contributed by atoms with van der Waals surface area (Å²) in [6, 6.07) is 8.04. The van der Waals surface area contributed by atoms with Crippen molar-refractivity contribution in [3.05, 3.63) is 29.8 Å². The van der Waals surface area contributed by atoms with Gasteiger partial charge in [-0.15, -0.1) is 11.8 Å². The zero-order valence-corrected chi connectivity index (χ0v) is 9.64. The Labute approximate surface area is 93.4 Å². The van der Waals surface area contributed by atoms with E-state index in [9.17, 15) is 8.42 Å². The molecule has 0 aliphatic carbocycles. The van der Waals surface area contributed by atoms with Crippen molar-refractivity contribution in [3.63, 3.8) is 0 Å². The molecule has 82 valence electrons. The lowest BCUT2D eigenvalue weighted by molar-refractivity contribution is 0.577. The van der Waals surface area contributed by atoms with E-state index in [2.05, 4.69) is 10.8 Å². The third-order valence-electron chi connectivity index (χ3n) is 2.33. The summed E-state index contributed by atoms with van der Waals surface area (Å²) in [5.41, 5.74) is 1.21. The normalized spacial score (nSPS) is 20.2. The molecule has 0 spiro atoms. The molecule has 1 atom stereocenters. The predicted octanol–water partition coefficient (Wildman–Crippen LogP) is 0.669. The van der Waals surface area contributed by atoms with E-state index in [1.54, 1.807) is 11.8 Å². The highest BCUT2D eigenvalue weighted by Gasteiger charge is 2.23. The lowest BCUT2D eigenvalue weighted by Gasteiger charge is -2.10. The van der Waals surface area contributed by atoms with Crippen LogP contribution in [0.3, 0.4) is 0 Å². The van der Waals surface area contributed by atoms with Gasteiger partial charge in [-0.05, 0) is 11.6 Å². The van der Waals surface area contributed by atoms with Crippen LogP contribution < -0.4 is 9.86 Å². The molecule has 0 aromatic heterocycles. The second-order valence-electron chi connectivity index (χ2n) is 3.44. The van der Waals surface area contributed by atoms with Gasteiger partial charge in [-0.2, -0.15) is 8.42 Å². The van der Waals surface area contributed by atoms with Crippen LogP contribution in [0.1, 0.15) is 11.5 Å². The quantitative estimate of drug-likeness (QED) is 0.821. The minimum Gasteiger partial charge on any atom is -0.216 e. The number of nitrogens with one attached hydrogen (secondary N) is 1. The summed E-state index contributed by atoms with van der Waals surface area (Å²) in [5.74, 6) is 1.13. The Balaban J connectivity index is 2.08. The van der Waals surface area contributed by atoms with Crippen molar-refractivity contribution in [1.29, 1.82) is 0 Å². The number of hydrogen-bond donors (Lipinski definition) is 2. The average Bonchev–Trinajstić information content (AvgIpc) is 2.57. The average molecular weight is 244 g/mol. The van der Waals surface area contributed by atoms with E-state index >= 15 is 0 Å². The molecular weight excluding hydrogens is 232 g/mol. The van der Waals surface area contributed by atoms with Crippen molar-refractivity contribution < 1.29 is 8.42 Å². The summed E-state index contributed by atoms with van der Waals surface area (Å²) in [7, 11) is -3.57. The lowest BCUT2D eigenvalue weighted by Crippen LogP contribution is -2.34. The molecule has 1 aliphatic heterocycles. The summed E-state index contributed by atoms with van der Waals surface area (Å²) in [6.07, 6.45) is 0. The predicted molar refractivity (Wildman–Crippen MR) is 61.0 cm³/mol. The van der Waals surface area contributed by atoms with Crippen LogP contribution >= 0.6 is 11.8 Å². The highest BCUT2D eigenvalue weighted by atomic mass is 32.2. The summed E-state index contributed by atoms with van der Waals surface area (Å²) >= 11 is 1.75. The Kier molecular flexibility index (Phi) is 3.01. The Hall–Kier alpha value is -0.560. The number of benzene rings is 1. The fourth-order valence-corrected chi connectivity index (χ4v) is 3.30.